The van der Waals surface area contributed by atoms with Gasteiger partial charge in [-0.15, -0.1) is 12.4 Å². The van der Waals surface area contributed by atoms with Crippen LogP contribution in [0.25, 0.3) is 0 Å². The lowest BCUT2D eigenvalue weighted by Crippen LogP contribution is -2.42. The molecule has 0 atom stereocenters. The van der Waals surface area contributed by atoms with Crippen molar-refractivity contribution in [2.24, 2.45) is 5.92 Å². The normalized spacial score (nSPS) is 14.5. The van der Waals surface area contributed by atoms with Crippen LogP contribution in [0.5, 0.6) is 5.75 Å². The van der Waals surface area contributed by atoms with E-state index in [4.69, 9.17) is 4.74 Å². The summed E-state index contributed by atoms with van der Waals surface area (Å²) in [5, 5.41) is 8.71. The number of carbonyl (C=O) groups is 2. The number of ether oxygens (including phenoxy) is 1. The molecule has 1 aliphatic rings. The van der Waals surface area contributed by atoms with E-state index in [1.807, 2.05) is 24.3 Å². The minimum absolute atomic E-state index is 0. The van der Waals surface area contributed by atoms with Gasteiger partial charge < -0.3 is 20.7 Å². The maximum atomic E-state index is 11.9. The maximum Gasteiger partial charge on any atom is 0.239 e. The van der Waals surface area contributed by atoms with Crippen molar-refractivity contribution in [1.82, 2.24) is 16.0 Å². The highest BCUT2D eigenvalue weighted by atomic mass is 35.5. The van der Waals surface area contributed by atoms with Crippen LogP contribution in [0.2, 0.25) is 0 Å². The van der Waals surface area contributed by atoms with Crippen molar-refractivity contribution >= 4 is 24.2 Å². The third-order valence-electron chi connectivity index (χ3n) is 3.78. The highest BCUT2D eigenvalue weighted by molar-refractivity contribution is 5.86. The summed E-state index contributed by atoms with van der Waals surface area (Å²) in [5.41, 5.74) is 0.985. The average Bonchev–Trinajstić information content (AvgIpc) is 2.59. The van der Waals surface area contributed by atoms with E-state index in [9.17, 15) is 9.59 Å². The summed E-state index contributed by atoms with van der Waals surface area (Å²) in [4.78, 5) is 23.7. The Morgan fingerprint density at radius 1 is 1.17 bits per heavy atom. The predicted octanol–water partition coefficient (Wildman–Crippen LogP) is 0.849. The number of methoxy groups -OCH3 is 1. The number of benzene rings is 1. The van der Waals surface area contributed by atoms with Gasteiger partial charge >= 0.3 is 0 Å². The van der Waals surface area contributed by atoms with Crippen molar-refractivity contribution < 1.29 is 14.3 Å². The molecule has 0 aromatic heterocycles. The summed E-state index contributed by atoms with van der Waals surface area (Å²) in [6, 6.07) is 7.49. The number of amides is 2. The van der Waals surface area contributed by atoms with E-state index < -0.39 is 0 Å². The quantitative estimate of drug-likeness (QED) is 0.716. The molecule has 2 rings (SSSR count). The Morgan fingerprint density at radius 3 is 2.43 bits per heavy atom. The Labute approximate surface area is 142 Å². The molecule has 0 aliphatic carbocycles. The summed E-state index contributed by atoms with van der Waals surface area (Å²) in [6.45, 7) is 2.19. The molecule has 0 radical (unpaired) electrons. The second-order valence-electron chi connectivity index (χ2n) is 5.37. The maximum absolute atomic E-state index is 11.9. The summed E-state index contributed by atoms with van der Waals surface area (Å²) in [7, 11) is 1.61. The van der Waals surface area contributed by atoms with Crippen molar-refractivity contribution in [3.05, 3.63) is 29.8 Å². The first-order valence-electron chi connectivity index (χ1n) is 7.57. The standard InChI is InChI=1S/C16H23N3O3.ClH/c1-22-14-4-2-12(3-5-14)10-18-15(20)11-19-16(21)13-6-8-17-9-7-13;/h2-5,13,17H,6-11H2,1H3,(H,18,20)(H,19,21);1H. The van der Waals surface area contributed by atoms with Crippen molar-refractivity contribution in [2.45, 2.75) is 19.4 Å². The molecule has 0 spiro atoms. The Morgan fingerprint density at radius 2 is 1.83 bits per heavy atom. The minimum atomic E-state index is -0.182. The number of nitrogens with one attached hydrogen (secondary N) is 3. The largest absolute Gasteiger partial charge is 0.497 e. The molecule has 1 saturated heterocycles. The first-order valence-corrected chi connectivity index (χ1v) is 7.57. The van der Waals surface area contributed by atoms with Gasteiger partial charge in [-0.2, -0.15) is 0 Å². The summed E-state index contributed by atoms with van der Waals surface area (Å²) in [6.07, 6.45) is 1.67. The van der Waals surface area contributed by atoms with Gasteiger partial charge in [0.15, 0.2) is 0 Å². The van der Waals surface area contributed by atoms with Gasteiger partial charge in [-0.05, 0) is 43.6 Å². The average molecular weight is 342 g/mol. The van der Waals surface area contributed by atoms with E-state index >= 15 is 0 Å². The summed E-state index contributed by atoms with van der Waals surface area (Å²) >= 11 is 0. The topological polar surface area (TPSA) is 79.5 Å². The van der Waals surface area contributed by atoms with Crippen LogP contribution >= 0.6 is 12.4 Å². The van der Waals surface area contributed by atoms with Crippen LogP contribution in [-0.4, -0.2) is 38.6 Å². The van der Waals surface area contributed by atoms with Crippen LogP contribution in [0.1, 0.15) is 18.4 Å². The van der Waals surface area contributed by atoms with Gasteiger partial charge in [-0.1, -0.05) is 12.1 Å². The second kappa shape index (κ2) is 10.1. The summed E-state index contributed by atoms with van der Waals surface area (Å²) in [5.74, 6) is 0.596. The number of carbonyl (C=O) groups excluding carboxylic acids is 2. The molecule has 0 unspecified atom stereocenters. The van der Waals surface area contributed by atoms with Crippen LogP contribution in [0.3, 0.4) is 0 Å². The molecule has 1 aromatic carbocycles. The summed E-state index contributed by atoms with van der Waals surface area (Å²) < 4.78 is 5.08. The van der Waals surface area contributed by atoms with Gasteiger partial charge in [-0.25, -0.2) is 0 Å². The van der Waals surface area contributed by atoms with Gasteiger partial charge in [-0.3, -0.25) is 9.59 Å². The molecule has 23 heavy (non-hydrogen) atoms. The van der Waals surface area contributed by atoms with Crippen molar-refractivity contribution in [1.29, 1.82) is 0 Å². The Kier molecular flexibility index (Phi) is 8.43. The van der Waals surface area contributed by atoms with E-state index in [-0.39, 0.29) is 36.7 Å². The molecule has 3 N–H and O–H groups in total. The zero-order valence-corrected chi connectivity index (χ0v) is 14.1. The van der Waals surface area contributed by atoms with Gasteiger partial charge in [0, 0.05) is 12.5 Å². The fourth-order valence-electron chi connectivity index (χ4n) is 2.40. The van der Waals surface area contributed by atoms with E-state index in [0.29, 0.717) is 6.54 Å². The van der Waals surface area contributed by atoms with Gasteiger partial charge in [0.05, 0.1) is 13.7 Å². The lowest BCUT2D eigenvalue weighted by atomic mass is 9.97. The molecular weight excluding hydrogens is 318 g/mol. The molecule has 6 nitrogen and oxygen atoms in total. The molecule has 0 bridgehead atoms. The van der Waals surface area contributed by atoms with Crippen molar-refractivity contribution in [3.8, 4) is 5.75 Å². The van der Waals surface area contributed by atoms with E-state index in [1.54, 1.807) is 7.11 Å². The Balaban J connectivity index is 0.00000264. The zero-order chi connectivity index (χ0) is 15.8. The first kappa shape index (κ1) is 19.3. The highest BCUT2D eigenvalue weighted by Crippen LogP contribution is 2.11. The van der Waals surface area contributed by atoms with E-state index in [2.05, 4.69) is 16.0 Å². The predicted molar refractivity (Wildman–Crippen MR) is 90.7 cm³/mol. The second-order valence-corrected chi connectivity index (χ2v) is 5.37. The van der Waals surface area contributed by atoms with Crippen molar-refractivity contribution in [2.75, 3.05) is 26.7 Å². The fraction of sp³-hybridized carbons (Fsp3) is 0.500. The molecule has 0 saturated carbocycles. The van der Waals surface area contributed by atoms with Gasteiger partial charge in [0.1, 0.15) is 5.75 Å². The highest BCUT2D eigenvalue weighted by Gasteiger charge is 2.20. The van der Waals surface area contributed by atoms with Crippen molar-refractivity contribution in [3.63, 3.8) is 0 Å². The lowest BCUT2D eigenvalue weighted by Gasteiger charge is -2.21. The monoisotopic (exact) mass is 341 g/mol. The minimum Gasteiger partial charge on any atom is -0.497 e. The number of piperidine rings is 1. The van der Waals surface area contributed by atoms with Crippen LogP contribution in [0.4, 0.5) is 0 Å². The Bertz CT molecular complexity index is 502. The molecule has 1 fully saturated rings. The van der Waals surface area contributed by atoms with E-state index in [0.717, 1.165) is 37.2 Å². The number of halogens is 1. The Hall–Kier alpha value is -1.79. The molecule has 1 aromatic rings. The van der Waals surface area contributed by atoms with Crippen LogP contribution < -0.4 is 20.7 Å². The van der Waals surface area contributed by atoms with E-state index in [1.165, 1.54) is 0 Å². The van der Waals surface area contributed by atoms with Crippen LogP contribution in [0.15, 0.2) is 24.3 Å². The number of rotatable bonds is 6. The third-order valence-corrected chi connectivity index (χ3v) is 3.78. The zero-order valence-electron chi connectivity index (χ0n) is 13.3. The van der Waals surface area contributed by atoms with Crippen LogP contribution in [0, 0.1) is 5.92 Å². The smallest absolute Gasteiger partial charge is 0.239 e. The molecular formula is C16H24ClN3O3. The first-order chi connectivity index (χ1) is 10.7. The molecule has 1 aliphatic heterocycles. The molecule has 2 amide bonds. The molecule has 128 valence electrons. The molecule has 7 heteroatoms. The molecule has 1 heterocycles. The lowest BCUT2D eigenvalue weighted by molar-refractivity contribution is -0.129. The van der Waals surface area contributed by atoms with Crippen LogP contribution in [-0.2, 0) is 16.1 Å². The van der Waals surface area contributed by atoms with Gasteiger partial charge in [0.2, 0.25) is 11.8 Å². The SMILES string of the molecule is COc1ccc(CNC(=O)CNC(=O)C2CCNCC2)cc1.Cl. The van der Waals surface area contributed by atoms with Gasteiger partial charge in [0.25, 0.3) is 0 Å². The number of hydrogen-bond donors (Lipinski definition) is 3. The number of hydrogen-bond acceptors (Lipinski definition) is 4. The third kappa shape index (κ3) is 6.46. The fourth-order valence-corrected chi connectivity index (χ4v) is 2.40.